The second-order valence-corrected chi connectivity index (χ2v) is 6.75. The van der Waals surface area contributed by atoms with Crippen LogP contribution in [0.15, 0.2) is 41.4 Å². The first-order valence-electron chi connectivity index (χ1n) is 8.72. The molecular formula is C21H23F3N2S. The lowest BCUT2D eigenvalue weighted by Gasteiger charge is -2.26. The molecular weight excluding hydrogens is 369 g/mol. The van der Waals surface area contributed by atoms with Gasteiger partial charge in [-0.15, -0.1) is 0 Å². The molecule has 2 aromatic carbocycles. The molecule has 0 aliphatic rings. The van der Waals surface area contributed by atoms with Crippen molar-refractivity contribution in [2.75, 3.05) is 6.54 Å². The molecule has 0 N–H and O–H groups in total. The fraction of sp³-hybridized carbons (Fsp3) is 0.333. The third-order valence-corrected chi connectivity index (χ3v) is 4.82. The van der Waals surface area contributed by atoms with E-state index in [0.717, 1.165) is 28.4 Å². The van der Waals surface area contributed by atoms with Gasteiger partial charge in [-0.25, -0.2) is 0 Å². The molecule has 6 heteroatoms. The molecule has 0 atom stereocenters. The zero-order valence-corrected chi connectivity index (χ0v) is 16.7. The number of hydrogen-bond acceptors (Lipinski definition) is 2. The Morgan fingerprint density at radius 3 is 2.44 bits per heavy atom. The van der Waals surface area contributed by atoms with Crippen LogP contribution in [0.25, 0.3) is 0 Å². The Hall–Kier alpha value is -2.21. The molecule has 0 spiro atoms. The average Bonchev–Trinajstić information content (AvgIpc) is 2.61. The fourth-order valence-electron chi connectivity index (χ4n) is 2.87. The van der Waals surface area contributed by atoms with Gasteiger partial charge in [0.15, 0.2) is 0 Å². The molecule has 0 saturated heterocycles. The molecule has 0 heterocycles. The monoisotopic (exact) mass is 392 g/mol. The predicted molar refractivity (Wildman–Crippen MR) is 109 cm³/mol. The Bertz CT molecular complexity index is 857. The van der Waals surface area contributed by atoms with Gasteiger partial charge in [0, 0.05) is 24.9 Å². The molecule has 27 heavy (non-hydrogen) atoms. The van der Waals surface area contributed by atoms with Crippen LogP contribution in [0.4, 0.5) is 18.9 Å². The number of halogens is 3. The van der Waals surface area contributed by atoms with Crippen molar-refractivity contribution in [2.45, 2.75) is 40.4 Å². The lowest BCUT2D eigenvalue weighted by molar-refractivity contribution is -0.137. The van der Waals surface area contributed by atoms with Crippen LogP contribution in [0.1, 0.15) is 41.7 Å². The third kappa shape index (κ3) is 5.16. The average molecular weight is 392 g/mol. The second-order valence-electron chi connectivity index (χ2n) is 6.36. The Kier molecular flexibility index (Phi) is 6.76. The van der Waals surface area contributed by atoms with Gasteiger partial charge in [0.25, 0.3) is 0 Å². The van der Waals surface area contributed by atoms with Gasteiger partial charge < -0.3 is 4.90 Å². The van der Waals surface area contributed by atoms with E-state index in [0.29, 0.717) is 23.6 Å². The lowest BCUT2D eigenvalue weighted by atomic mass is 10.0. The number of benzene rings is 2. The molecule has 0 radical (unpaired) electrons. The minimum atomic E-state index is -4.35. The van der Waals surface area contributed by atoms with Crippen molar-refractivity contribution >= 4 is 29.1 Å². The van der Waals surface area contributed by atoms with Crippen LogP contribution in [-0.2, 0) is 12.7 Å². The van der Waals surface area contributed by atoms with Crippen LogP contribution in [0.2, 0.25) is 0 Å². The first kappa shape index (κ1) is 21.1. The van der Waals surface area contributed by atoms with Crippen molar-refractivity contribution in [2.24, 2.45) is 4.99 Å². The summed E-state index contributed by atoms with van der Waals surface area (Å²) in [5.74, 6) is 0. The Labute approximate surface area is 163 Å². The molecule has 0 aromatic heterocycles. The summed E-state index contributed by atoms with van der Waals surface area (Å²) in [7, 11) is 0. The van der Waals surface area contributed by atoms with E-state index < -0.39 is 11.7 Å². The highest BCUT2D eigenvalue weighted by molar-refractivity contribution is 7.80. The summed E-state index contributed by atoms with van der Waals surface area (Å²) in [5.41, 5.74) is 3.74. The van der Waals surface area contributed by atoms with E-state index in [-0.39, 0.29) is 0 Å². The summed E-state index contributed by atoms with van der Waals surface area (Å²) in [6.07, 6.45) is -2.61. The summed E-state index contributed by atoms with van der Waals surface area (Å²) in [6, 6.07) is 9.37. The maximum absolute atomic E-state index is 13.0. The fourth-order valence-corrected chi connectivity index (χ4v) is 3.29. The van der Waals surface area contributed by atoms with Crippen molar-refractivity contribution in [1.29, 1.82) is 0 Å². The van der Waals surface area contributed by atoms with E-state index >= 15 is 0 Å². The topological polar surface area (TPSA) is 15.6 Å². The molecule has 2 rings (SSSR count). The van der Waals surface area contributed by atoms with E-state index in [4.69, 9.17) is 12.2 Å². The van der Waals surface area contributed by atoms with Gasteiger partial charge >= 0.3 is 6.18 Å². The highest BCUT2D eigenvalue weighted by Crippen LogP contribution is 2.30. The molecule has 2 nitrogen and oxygen atoms in total. The van der Waals surface area contributed by atoms with Gasteiger partial charge in [0.05, 0.1) is 11.3 Å². The zero-order valence-electron chi connectivity index (χ0n) is 15.9. The molecule has 144 valence electrons. The molecule has 0 fully saturated rings. The molecule has 0 saturated carbocycles. The highest BCUT2D eigenvalue weighted by Gasteiger charge is 2.30. The number of alkyl halides is 3. The Balaban J connectivity index is 2.30. The van der Waals surface area contributed by atoms with Crippen LogP contribution >= 0.6 is 12.2 Å². The van der Waals surface area contributed by atoms with Crippen molar-refractivity contribution in [3.8, 4) is 0 Å². The van der Waals surface area contributed by atoms with Crippen LogP contribution in [-0.4, -0.2) is 22.6 Å². The van der Waals surface area contributed by atoms with E-state index in [1.165, 1.54) is 12.1 Å². The van der Waals surface area contributed by atoms with Crippen LogP contribution in [0.3, 0.4) is 0 Å². The molecule has 0 aliphatic heterocycles. The lowest BCUT2D eigenvalue weighted by Crippen LogP contribution is -2.30. The number of rotatable bonds is 5. The van der Waals surface area contributed by atoms with Crippen LogP contribution in [0, 0.1) is 13.8 Å². The van der Waals surface area contributed by atoms with Crippen LogP contribution < -0.4 is 0 Å². The van der Waals surface area contributed by atoms with Gasteiger partial charge in [-0.1, -0.05) is 24.4 Å². The number of thiocarbonyl (C=S) groups is 1. The largest absolute Gasteiger partial charge is 0.416 e. The smallest absolute Gasteiger partial charge is 0.358 e. The summed E-state index contributed by atoms with van der Waals surface area (Å²) in [5, 5.41) is 0. The highest BCUT2D eigenvalue weighted by atomic mass is 32.1. The molecule has 0 bridgehead atoms. The summed E-state index contributed by atoms with van der Waals surface area (Å²) < 4.78 is 38.9. The number of nitrogens with zero attached hydrogens (tertiary/aromatic N) is 2. The minimum absolute atomic E-state index is 0.326. The second kappa shape index (κ2) is 8.65. The van der Waals surface area contributed by atoms with Gasteiger partial charge in [0.2, 0.25) is 0 Å². The van der Waals surface area contributed by atoms with Gasteiger partial charge in [-0.2, -0.15) is 13.2 Å². The standard InChI is InChI=1S/C21H23F3N2S/c1-5-25-19-11-14(3)18(10-15(19)4)20(27)26(6-2)13-16-8-7-9-17(12-16)21(22,23)24/h5,7-12H,6,13H2,1-4H3. The third-order valence-electron chi connectivity index (χ3n) is 4.34. The van der Waals surface area contributed by atoms with Crippen molar-refractivity contribution in [1.82, 2.24) is 4.90 Å². The first-order valence-corrected chi connectivity index (χ1v) is 9.13. The summed E-state index contributed by atoms with van der Waals surface area (Å²) in [4.78, 5) is 6.88. The maximum Gasteiger partial charge on any atom is 0.416 e. The zero-order chi connectivity index (χ0) is 20.2. The summed E-state index contributed by atoms with van der Waals surface area (Å²) >= 11 is 5.67. The Morgan fingerprint density at radius 1 is 1.15 bits per heavy atom. The van der Waals surface area contributed by atoms with Gasteiger partial charge in [0.1, 0.15) is 4.99 Å². The Morgan fingerprint density at radius 2 is 1.85 bits per heavy atom. The van der Waals surface area contributed by atoms with Crippen molar-refractivity contribution in [3.63, 3.8) is 0 Å². The van der Waals surface area contributed by atoms with Gasteiger partial charge in [-0.05, 0) is 68.7 Å². The number of aryl methyl sites for hydroxylation is 2. The molecule has 0 aliphatic carbocycles. The first-order chi connectivity index (χ1) is 12.7. The molecule has 2 aromatic rings. The van der Waals surface area contributed by atoms with E-state index in [9.17, 15) is 13.2 Å². The van der Waals surface area contributed by atoms with Gasteiger partial charge in [-0.3, -0.25) is 4.99 Å². The molecule has 0 unspecified atom stereocenters. The van der Waals surface area contributed by atoms with Crippen molar-refractivity contribution < 1.29 is 13.2 Å². The predicted octanol–water partition coefficient (Wildman–Crippen LogP) is 6.24. The maximum atomic E-state index is 13.0. The normalized spacial score (nSPS) is 11.8. The van der Waals surface area contributed by atoms with Crippen LogP contribution in [0.5, 0.6) is 0 Å². The van der Waals surface area contributed by atoms with Crippen molar-refractivity contribution in [3.05, 3.63) is 64.2 Å². The number of aliphatic imine (C=N–C) groups is 1. The minimum Gasteiger partial charge on any atom is -0.358 e. The van der Waals surface area contributed by atoms with E-state index in [1.807, 2.05) is 44.7 Å². The van der Waals surface area contributed by atoms with E-state index in [2.05, 4.69) is 4.99 Å². The summed E-state index contributed by atoms with van der Waals surface area (Å²) in [6.45, 7) is 8.67. The molecule has 0 amide bonds. The SMILES string of the molecule is CC=Nc1cc(C)c(C(=S)N(CC)Cc2cccc(C(F)(F)F)c2)cc1C. The number of hydrogen-bond donors (Lipinski definition) is 0. The van der Waals surface area contributed by atoms with E-state index in [1.54, 1.807) is 12.3 Å². The quantitative estimate of drug-likeness (QED) is 0.442.